The molecule has 4 heterocycles. The normalized spacial score (nSPS) is 25.2. The molecule has 1 aromatic rings. The fraction of sp³-hybridized carbons (Fsp3) is 0.588. The number of fused-ring (bicyclic) bond motifs is 5. The quantitative estimate of drug-likeness (QED) is 0.761. The third-order valence-corrected chi connectivity index (χ3v) is 6.41. The van der Waals surface area contributed by atoms with Gasteiger partial charge in [-0.25, -0.2) is 8.42 Å². The highest BCUT2D eigenvalue weighted by Gasteiger charge is 2.39. The van der Waals surface area contributed by atoms with Gasteiger partial charge < -0.3 is 19.1 Å². The van der Waals surface area contributed by atoms with Crippen LogP contribution in [-0.2, 0) is 14.8 Å². The molecule has 0 aromatic heterocycles. The molecule has 0 saturated carbocycles. The van der Waals surface area contributed by atoms with Crippen LogP contribution in [0, 0.1) is 5.92 Å². The van der Waals surface area contributed by atoms with Crippen LogP contribution in [-0.4, -0.2) is 68.9 Å². The van der Waals surface area contributed by atoms with Crippen LogP contribution in [0.4, 0.5) is 0 Å². The van der Waals surface area contributed by atoms with Gasteiger partial charge in [-0.15, -0.1) is 0 Å². The molecule has 0 unspecified atom stereocenters. The van der Waals surface area contributed by atoms with E-state index in [9.17, 15) is 13.2 Å². The first-order chi connectivity index (χ1) is 12.4. The second kappa shape index (κ2) is 6.62. The Labute approximate surface area is 152 Å². The number of hydrogen-bond acceptors (Lipinski definition) is 6. The third kappa shape index (κ3) is 3.45. The summed E-state index contributed by atoms with van der Waals surface area (Å²) in [6.07, 6.45) is 3.00. The summed E-state index contributed by atoms with van der Waals surface area (Å²) >= 11 is 0. The lowest BCUT2D eigenvalue weighted by atomic mass is 9.95. The van der Waals surface area contributed by atoms with Crippen molar-refractivity contribution in [2.45, 2.75) is 18.9 Å². The average Bonchev–Trinajstić information content (AvgIpc) is 2.85. The third-order valence-electron chi connectivity index (χ3n) is 5.18. The van der Waals surface area contributed by atoms with Crippen LogP contribution in [0.25, 0.3) is 0 Å². The molecule has 0 N–H and O–H groups in total. The summed E-state index contributed by atoms with van der Waals surface area (Å²) in [7, 11) is -3.25. The highest BCUT2D eigenvalue weighted by molar-refractivity contribution is 7.88. The predicted molar refractivity (Wildman–Crippen MR) is 92.7 cm³/mol. The molecule has 2 bridgehead atoms. The minimum absolute atomic E-state index is 0.0816. The zero-order chi connectivity index (χ0) is 18.3. The van der Waals surface area contributed by atoms with Crippen LogP contribution >= 0.6 is 0 Å². The number of nitrogens with zero attached hydrogens (tertiary/aromatic N) is 2. The summed E-state index contributed by atoms with van der Waals surface area (Å²) in [4.78, 5) is 14.5. The Hall–Kier alpha value is -2.00. The molecule has 8 nitrogen and oxygen atoms in total. The molecule has 4 aliphatic heterocycles. The van der Waals surface area contributed by atoms with Gasteiger partial charge in [0.1, 0.15) is 5.75 Å². The second-order valence-corrected chi connectivity index (χ2v) is 9.01. The number of ether oxygens (including phenoxy) is 3. The topological polar surface area (TPSA) is 85.4 Å². The molecule has 3 fully saturated rings. The summed E-state index contributed by atoms with van der Waals surface area (Å²) in [6.45, 7) is 1.54. The van der Waals surface area contributed by atoms with Crippen molar-refractivity contribution in [3.8, 4) is 17.2 Å². The molecule has 2 atom stereocenters. The van der Waals surface area contributed by atoms with Crippen molar-refractivity contribution >= 4 is 15.9 Å². The number of piperidine rings is 1. The summed E-state index contributed by atoms with van der Waals surface area (Å²) in [5.74, 6) is 1.87. The molecule has 5 rings (SSSR count). The van der Waals surface area contributed by atoms with Gasteiger partial charge in [0.05, 0.1) is 6.26 Å². The van der Waals surface area contributed by atoms with Crippen molar-refractivity contribution in [1.82, 2.24) is 9.21 Å². The molecule has 4 aliphatic rings. The molecule has 9 heteroatoms. The summed E-state index contributed by atoms with van der Waals surface area (Å²) in [6, 6.07) is 5.10. The highest BCUT2D eigenvalue weighted by Crippen LogP contribution is 2.35. The van der Waals surface area contributed by atoms with Crippen molar-refractivity contribution in [3.63, 3.8) is 0 Å². The second-order valence-electron chi connectivity index (χ2n) is 7.03. The van der Waals surface area contributed by atoms with E-state index in [4.69, 9.17) is 14.2 Å². The van der Waals surface area contributed by atoms with E-state index in [1.807, 2.05) is 0 Å². The number of amides is 1. The van der Waals surface area contributed by atoms with Gasteiger partial charge in [-0.1, -0.05) is 0 Å². The highest BCUT2D eigenvalue weighted by atomic mass is 32.2. The van der Waals surface area contributed by atoms with Crippen molar-refractivity contribution in [3.05, 3.63) is 18.2 Å². The Balaban J connectivity index is 1.40. The molecular weight excluding hydrogens is 360 g/mol. The lowest BCUT2D eigenvalue weighted by molar-refractivity contribution is -0.137. The fourth-order valence-corrected chi connectivity index (χ4v) is 4.73. The maximum absolute atomic E-state index is 12.7. The predicted octanol–water partition coefficient (Wildman–Crippen LogP) is 0.677. The standard InChI is InChI=1S/C17H22N2O6S/c1-26(21,22)18-7-12-2-3-13(9-18)19(8-12)17(20)10-23-14-4-5-15-16(6-14)25-11-24-15/h4-6,12-13H,2-3,7-11H2,1H3/t12-,13+/m1/s1. The van der Waals surface area contributed by atoms with Crippen molar-refractivity contribution in [2.75, 3.05) is 39.3 Å². The Kier molecular flexibility index (Phi) is 4.44. The lowest BCUT2D eigenvalue weighted by Gasteiger charge is -2.36. The smallest absolute Gasteiger partial charge is 0.260 e. The fourth-order valence-electron chi connectivity index (χ4n) is 3.81. The van der Waals surface area contributed by atoms with Crippen LogP contribution in [0.15, 0.2) is 18.2 Å². The van der Waals surface area contributed by atoms with Gasteiger partial charge in [0.15, 0.2) is 18.1 Å². The van der Waals surface area contributed by atoms with E-state index >= 15 is 0 Å². The molecule has 0 aliphatic carbocycles. The van der Waals surface area contributed by atoms with Crippen LogP contribution in [0.1, 0.15) is 12.8 Å². The number of benzene rings is 1. The molecule has 142 valence electrons. The molecule has 1 aromatic carbocycles. The molecular formula is C17H22N2O6S. The lowest BCUT2D eigenvalue weighted by Crippen LogP contribution is -2.49. The summed E-state index contributed by atoms with van der Waals surface area (Å²) < 4.78 is 41.5. The molecule has 0 radical (unpaired) electrons. The van der Waals surface area contributed by atoms with Gasteiger partial charge >= 0.3 is 0 Å². The molecule has 1 amide bonds. The number of carbonyl (C=O) groups excluding carboxylic acids is 1. The van der Waals surface area contributed by atoms with Crippen LogP contribution in [0.3, 0.4) is 0 Å². The van der Waals surface area contributed by atoms with E-state index in [1.165, 1.54) is 10.6 Å². The van der Waals surface area contributed by atoms with Crippen LogP contribution in [0.2, 0.25) is 0 Å². The van der Waals surface area contributed by atoms with Gasteiger partial charge in [-0.05, 0) is 30.9 Å². The van der Waals surface area contributed by atoms with Crippen molar-refractivity contribution < 1.29 is 27.4 Å². The minimum atomic E-state index is -3.25. The van der Waals surface area contributed by atoms with Crippen LogP contribution in [0.5, 0.6) is 17.2 Å². The maximum atomic E-state index is 12.7. The van der Waals surface area contributed by atoms with Crippen molar-refractivity contribution in [1.29, 1.82) is 0 Å². The van der Waals surface area contributed by atoms with E-state index in [2.05, 4.69) is 0 Å². The van der Waals surface area contributed by atoms with Gasteiger partial charge in [0.25, 0.3) is 5.91 Å². The molecule has 3 saturated heterocycles. The Morgan fingerprint density at radius 3 is 2.81 bits per heavy atom. The largest absolute Gasteiger partial charge is 0.484 e. The van der Waals surface area contributed by atoms with Gasteiger partial charge in [0.2, 0.25) is 16.8 Å². The Morgan fingerprint density at radius 2 is 2.00 bits per heavy atom. The molecule has 0 spiro atoms. The van der Waals surface area contributed by atoms with Gasteiger partial charge in [-0.2, -0.15) is 4.31 Å². The van der Waals surface area contributed by atoms with E-state index in [0.717, 1.165) is 12.8 Å². The number of carbonyl (C=O) groups is 1. The molecule has 26 heavy (non-hydrogen) atoms. The number of rotatable bonds is 4. The monoisotopic (exact) mass is 382 g/mol. The van der Waals surface area contributed by atoms with Crippen molar-refractivity contribution in [2.24, 2.45) is 5.92 Å². The first-order valence-corrected chi connectivity index (χ1v) is 10.5. The van der Waals surface area contributed by atoms with E-state index in [0.29, 0.717) is 36.9 Å². The zero-order valence-electron chi connectivity index (χ0n) is 14.6. The van der Waals surface area contributed by atoms with Gasteiger partial charge in [-0.3, -0.25) is 4.79 Å². The Bertz CT molecular complexity index is 811. The maximum Gasteiger partial charge on any atom is 0.260 e. The van der Waals surface area contributed by atoms with E-state index in [1.54, 1.807) is 23.1 Å². The van der Waals surface area contributed by atoms with Gasteiger partial charge in [0, 0.05) is 31.7 Å². The first-order valence-electron chi connectivity index (χ1n) is 8.67. The number of hydrogen-bond donors (Lipinski definition) is 0. The van der Waals surface area contributed by atoms with E-state index < -0.39 is 10.0 Å². The number of sulfonamides is 1. The summed E-state index contributed by atoms with van der Waals surface area (Å²) in [5.41, 5.74) is 0. The van der Waals surface area contributed by atoms with E-state index in [-0.39, 0.29) is 31.3 Å². The van der Waals surface area contributed by atoms with Crippen LogP contribution < -0.4 is 14.2 Å². The first kappa shape index (κ1) is 17.4. The minimum Gasteiger partial charge on any atom is -0.484 e. The Morgan fingerprint density at radius 1 is 1.19 bits per heavy atom. The average molecular weight is 382 g/mol. The summed E-state index contributed by atoms with van der Waals surface area (Å²) in [5, 5.41) is 0. The zero-order valence-corrected chi connectivity index (χ0v) is 15.4. The SMILES string of the molecule is CS(=O)(=O)N1C[C@H]2CC[C@@H](C1)N(C(=O)COc1ccc3c(c1)OCO3)C2.